The molecule has 4 nitrogen and oxygen atoms in total. The van der Waals surface area contributed by atoms with Gasteiger partial charge in [-0.1, -0.05) is 0 Å². The lowest BCUT2D eigenvalue weighted by atomic mass is 10.0. The summed E-state index contributed by atoms with van der Waals surface area (Å²) in [5.74, 6) is -8.35. The van der Waals surface area contributed by atoms with E-state index in [1.807, 2.05) is 4.79 Å². The van der Waals surface area contributed by atoms with Gasteiger partial charge in [0.15, 0.2) is 11.7 Å². The van der Waals surface area contributed by atoms with E-state index in [1.54, 1.807) is 0 Å². The highest BCUT2D eigenvalue weighted by Crippen LogP contribution is 2.32. The van der Waals surface area contributed by atoms with Gasteiger partial charge in [-0.05, 0) is 0 Å². The van der Waals surface area contributed by atoms with Gasteiger partial charge in [0, 0.05) is 0 Å². The van der Waals surface area contributed by atoms with Crippen molar-refractivity contribution in [3.8, 4) is 0 Å². The van der Waals surface area contributed by atoms with Crippen LogP contribution in [0.1, 0.15) is 0 Å². The van der Waals surface area contributed by atoms with Crippen molar-refractivity contribution in [3.63, 3.8) is 0 Å². The zero-order valence-corrected chi connectivity index (χ0v) is 6.84. The van der Waals surface area contributed by atoms with Crippen LogP contribution in [0.4, 0.5) is 17.6 Å². The Morgan fingerprint density at radius 3 is 2.27 bits per heavy atom. The SMILES string of the molecule is [N-]=[N+]=C1C(F)=C(F)C(C(=O)O)=C(F)C1F. The number of carboxylic acids is 1. The van der Waals surface area contributed by atoms with Crippen molar-refractivity contribution in [2.75, 3.05) is 0 Å². The molecule has 1 unspecified atom stereocenters. The van der Waals surface area contributed by atoms with Crippen LogP contribution in [-0.2, 0) is 4.79 Å². The van der Waals surface area contributed by atoms with Gasteiger partial charge < -0.3 is 10.6 Å². The highest BCUT2D eigenvalue weighted by Gasteiger charge is 2.44. The summed E-state index contributed by atoms with van der Waals surface area (Å²) < 4.78 is 51.3. The maximum atomic E-state index is 12.8. The summed E-state index contributed by atoms with van der Waals surface area (Å²) in [5, 5.41) is 8.27. The largest absolute Gasteiger partial charge is 0.477 e. The quantitative estimate of drug-likeness (QED) is 0.414. The summed E-state index contributed by atoms with van der Waals surface area (Å²) in [7, 11) is 0. The topological polar surface area (TPSA) is 73.7 Å². The first kappa shape index (κ1) is 11.1. The molecule has 0 heterocycles. The molecular weight excluding hydrogens is 220 g/mol. The maximum Gasteiger partial charge on any atom is 0.371 e. The molecule has 1 aliphatic rings. The molecule has 15 heavy (non-hydrogen) atoms. The Morgan fingerprint density at radius 1 is 1.33 bits per heavy atom. The molecule has 0 aromatic rings. The molecule has 8 heteroatoms. The lowest BCUT2D eigenvalue weighted by Crippen LogP contribution is -2.27. The predicted molar refractivity (Wildman–Crippen MR) is 38.5 cm³/mol. The number of nitrogens with zero attached hydrogens (tertiary/aromatic N) is 2. The molecular formula is C7H2F4N2O2. The molecule has 1 aliphatic carbocycles. The summed E-state index contributed by atoms with van der Waals surface area (Å²) in [6.45, 7) is 0. The van der Waals surface area contributed by atoms with E-state index in [1.165, 1.54) is 0 Å². The molecule has 0 amide bonds. The number of carboxylic acid groups (broad SMARTS) is 1. The van der Waals surface area contributed by atoms with Crippen molar-refractivity contribution in [1.82, 2.24) is 0 Å². The fraction of sp³-hybridized carbons (Fsp3) is 0.143. The Bertz CT molecular complexity index is 448. The monoisotopic (exact) mass is 222 g/mol. The van der Waals surface area contributed by atoms with Crippen LogP contribution in [0.3, 0.4) is 0 Å². The summed E-state index contributed by atoms with van der Waals surface area (Å²) in [5.41, 5.74) is 4.79. The van der Waals surface area contributed by atoms with E-state index >= 15 is 0 Å². The molecule has 1 rings (SSSR count). The van der Waals surface area contributed by atoms with Crippen molar-refractivity contribution < 1.29 is 32.3 Å². The van der Waals surface area contributed by atoms with Crippen LogP contribution >= 0.6 is 0 Å². The molecule has 0 spiro atoms. The Balaban J connectivity index is 3.51. The van der Waals surface area contributed by atoms with E-state index in [0.29, 0.717) is 0 Å². The molecule has 0 radical (unpaired) electrons. The van der Waals surface area contributed by atoms with Crippen molar-refractivity contribution in [2.24, 2.45) is 0 Å². The third kappa shape index (κ3) is 1.55. The number of rotatable bonds is 1. The summed E-state index contributed by atoms with van der Waals surface area (Å²) >= 11 is 0. The second-order valence-corrected chi connectivity index (χ2v) is 2.50. The summed E-state index contributed by atoms with van der Waals surface area (Å²) in [4.78, 5) is 12.3. The molecule has 1 atom stereocenters. The molecule has 0 saturated heterocycles. The van der Waals surface area contributed by atoms with Gasteiger partial charge in [-0.15, -0.1) is 0 Å². The number of carbonyl (C=O) groups is 1. The van der Waals surface area contributed by atoms with Crippen LogP contribution in [0, 0.1) is 0 Å². The van der Waals surface area contributed by atoms with E-state index in [0.717, 1.165) is 0 Å². The van der Waals surface area contributed by atoms with Gasteiger partial charge in [0.25, 0.3) is 6.17 Å². The lowest BCUT2D eigenvalue weighted by Gasteiger charge is -2.10. The third-order valence-corrected chi connectivity index (χ3v) is 1.66. The van der Waals surface area contributed by atoms with Crippen LogP contribution in [0.25, 0.3) is 5.53 Å². The average molecular weight is 222 g/mol. The van der Waals surface area contributed by atoms with Crippen LogP contribution in [0.2, 0.25) is 0 Å². The number of hydrogen-bond donors (Lipinski definition) is 1. The van der Waals surface area contributed by atoms with Crippen LogP contribution < -0.4 is 0 Å². The van der Waals surface area contributed by atoms with Gasteiger partial charge in [0.05, 0.1) is 0 Å². The highest BCUT2D eigenvalue weighted by molar-refractivity contribution is 6.06. The minimum atomic E-state index is -2.93. The zero-order valence-electron chi connectivity index (χ0n) is 6.84. The normalized spacial score (nSPS) is 21.9. The minimum Gasteiger partial charge on any atom is -0.477 e. The van der Waals surface area contributed by atoms with E-state index in [-0.39, 0.29) is 0 Å². The maximum absolute atomic E-state index is 12.8. The number of alkyl halides is 1. The Morgan fingerprint density at radius 2 is 1.87 bits per heavy atom. The molecule has 0 aromatic heterocycles. The Hall–Kier alpha value is -1.95. The fourth-order valence-corrected chi connectivity index (χ4v) is 0.976. The van der Waals surface area contributed by atoms with E-state index in [4.69, 9.17) is 10.6 Å². The first-order valence-corrected chi connectivity index (χ1v) is 3.46. The first-order chi connectivity index (χ1) is 6.91. The van der Waals surface area contributed by atoms with Crippen LogP contribution in [-0.4, -0.2) is 27.7 Å². The van der Waals surface area contributed by atoms with E-state index < -0.39 is 40.9 Å². The summed E-state index contributed by atoms with van der Waals surface area (Å²) in [6.07, 6.45) is -2.93. The van der Waals surface area contributed by atoms with Gasteiger partial charge in [-0.2, -0.15) is 9.18 Å². The average Bonchev–Trinajstić information content (AvgIpc) is 2.16. The second-order valence-electron chi connectivity index (χ2n) is 2.50. The molecule has 0 saturated carbocycles. The lowest BCUT2D eigenvalue weighted by molar-refractivity contribution is -0.132. The van der Waals surface area contributed by atoms with Gasteiger partial charge in [0.1, 0.15) is 5.57 Å². The standard InChI is InChI=1S/C7H2F4N2O2/c8-2-1(7(14)15)3(9)5(11)6(13-12)4(2)10/h4H,(H,14,15). The molecule has 80 valence electrons. The highest BCUT2D eigenvalue weighted by atomic mass is 19.2. The fourth-order valence-electron chi connectivity index (χ4n) is 0.976. The van der Waals surface area contributed by atoms with E-state index in [9.17, 15) is 22.4 Å². The van der Waals surface area contributed by atoms with Gasteiger partial charge in [-0.3, -0.25) is 0 Å². The third-order valence-electron chi connectivity index (χ3n) is 1.66. The van der Waals surface area contributed by atoms with Crippen molar-refractivity contribution >= 4 is 11.7 Å². The molecule has 0 aliphatic heterocycles. The Kier molecular flexibility index (Phi) is 2.71. The second kappa shape index (κ2) is 3.66. The van der Waals surface area contributed by atoms with Gasteiger partial charge in [-0.25, -0.2) is 18.0 Å². The van der Waals surface area contributed by atoms with Crippen LogP contribution in [0.5, 0.6) is 0 Å². The number of allylic oxidation sites excluding steroid dienone is 2. The minimum absolute atomic E-state index is 1.53. The number of hydrogen-bond acceptors (Lipinski definition) is 1. The van der Waals surface area contributed by atoms with Crippen molar-refractivity contribution in [3.05, 3.63) is 28.6 Å². The summed E-state index contributed by atoms with van der Waals surface area (Å²) in [6, 6.07) is 0. The molecule has 0 aromatic carbocycles. The predicted octanol–water partition coefficient (Wildman–Crippen LogP) is 1.47. The smallest absolute Gasteiger partial charge is 0.371 e. The zero-order chi connectivity index (χ0) is 11.7. The van der Waals surface area contributed by atoms with Crippen molar-refractivity contribution in [2.45, 2.75) is 6.17 Å². The van der Waals surface area contributed by atoms with Crippen LogP contribution in [0.15, 0.2) is 23.1 Å². The number of halogens is 4. The van der Waals surface area contributed by atoms with E-state index in [2.05, 4.69) is 0 Å². The number of aliphatic carboxylic acids is 1. The molecule has 0 fully saturated rings. The van der Waals surface area contributed by atoms with Gasteiger partial charge >= 0.3 is 11.7 Å². The first-order valence-electron chi connectivity index (χ1n) is 3.46. The molecule has 0 bridgehead atoms. The Labute approximate surface area is 79.7 Å². The van der Waals surface area contributed by atoms with Gasteiger partial charge in [0.2, 0.25) is 5.83 Å². The van der Waals surface area contributed by atoms with Crippen molar-refractivity contribution in [1.29, 1.82) is 0 Å². The molecule has 1 N–H and O–H groups in total.